The lowest BCUT2D eigenvalue weighted by atomic mass is 10.2. The summed E-state index contributed by atoms with van der Waals surface area (Å²) in [6.07, 6.45) is 0. The molecule has 0 atom stereocenters. The number of nitrogens with one attached hydrogen (secondary N) is 1. The Morgan fingerprint density at radius 1 is 1.10 bits per heavy atom. The maximum atomic E-state index is 12.8. The van der Waals surface area contributed by atoms with Crippen molar-refractivity contribution in [2.75, 3.05) is 42.9 Å². The van der Waals surface area contributed by atoms with Gasteiger partial charge in [0, 0.05) is 49.5 Å². The van der Waals surface area contributed by atoms with Crippen LogP contribution in [0, 0.1) is 16.0 Å². The number of sulfonamides is 1. The largest absolute Gasteiger partial charge is 0.379 e. The Labute approximate surface area is 181 Å². The molecule has 1 fully saturated rings. The summed E-state index contributed by atoms with van der Waals surface area (Å²) in [7, 11) is -3.58. The molecule has 0 aromatic heterocycles. The quantitative estimate of drug-likeness (QED) is 0.506. The minimum absolute atomic E-state index is 0.0309. The van der Waals surface area contributed by atoms with Gasteiger partial charge in [-0.05, 0) is 42.3 Å². The third-order valence-corrected chi connectivity index (χ3v) is 7.10. The van der Waals surface area contributed by atoms with Crippen LogP contribution in [0.4, 0.5) is 17.1 Å². The molecule has 0 saturated carbocycles. The topological polar surface area (TPSA) is 95.8 Å². The zero-order valence-corrected chi connectivity index (χ0v) is 18.5. The van der Waals surface area contributed by atoms with Gasteiger partial charge in [0.25, 0.3) is 5.69 Å². The number of piperazine rings is 1. The average molecular weight is 453 g/mol. The van der Waals surface area contributed by atoms with Crippen molar-refractivity contribution < 1.29 is 13.3 Å². The third-order valence-electron chi connectivity index (χ3n) is 4.93. The molecule has 1 aliphatic rings. The molecule has 2 aromatic rings. The number of nitro benzene ring substituents is 1. The van der Waals surface area contributed by atoms with Crippen LogP contribution in [0.5, 0.6) is 0 Å². The fraction of sp³-hybridized carbons (Fsp3) is 0.400. The normalized spacial score (nSPS) is 15.4. The van der Waals surface area contributed by atoms with Gasteiger partial charge < -0.3 is 10.2 Å². The van der Waals surface area contributed by atoms with Gasteiger partial charge in [-0.25, -0.2) is 8.42 Å². The smallest absolute Gasteiger partial charge is 0.292 e. The molecule has 0 amide bonds. The molecule has 0 aliphatic carbocycles. The Hall–Kier alpha value is -2.36. The van der Waals surface area contributed by atoms with Crippen molar-refractivity contribution >= 4 is 38.7 Å². The van der Waals surface area contributed by atoms with Crippen molar-refractivity contribution in [1.29, 1.82) is 0 Å². The highest BCUT2D eigenvalue weighted by Gasteiger charge is 2.29. The maximum absolute atomic E-state index is 12.8. The molecule has 8 nitrogen and oxygen atoms in total. The minimum Gasteiger partial charge on any atom is -0.379 e. The van der Waals surface area contributed by atoms with E-state index in [0.29, 0.717) is 49.4 Å². The lowest BCUT2D eigenvalue weighted by Gasteiger charge is -2.35. The van der Waals surface area contributed by atoms with Gasteiger partial charge >= 0.3 is 0 Å². The fourth-order valence-corrected chi connectivity index (χ4v) is 4.83. The van der Waals surface area contributed by atoms with Crippen LogP contribution in [0.2, 0.25) is 5.02 Å². The summed E-state index contributed by atoms with van der Waals surface area (Å²) in [6, 6.07) is 11.1. The van der Waals surface area contributed by atoms with E-state index in [-0.39, 0.29) is 10.6 Å². The predicted molar refractivity (Wildman–Crippen MR) is 119 cm³/mol. The molecule has 1 N–H and O–H groups in total. The van der Waals surface area contributed by atoms with Gasteiger partial charge in [-0.3, -0.25) is 10.1 Å². The van der Waals surface area contributed by atoms with Crippen LogP contribution in [-0.4, -0.2) is 50.4 Å². The predicted octanol–water partition coefficient (Wildman–Crippen LogP) is 3.83. The first-order valence-electron chi connectivity index (χ1n) is 9.71. The SMILES string of the molecule is CC(C)CNc1cc(N2CCN(S(=O)(=O)c3ccc(Cl)cc3)CC2)ccc1[N+](=O)[O-]. The molecule has 1 saturated heterocycles. The highest BCUT2D eigenvalue weighted by molar-refractivity contribution is 7.89. The van der Waals surface area contributed by atoms with E-state index in [1.54, 1.807) is 24.3 Å². The summed E-state index contributed by atoms with van der Waals surface area (Å²) in [6.45, 7) is 6.33. The molecular weight excluding hydrogens is 428 g/mol. The second kappa shape index (κ2) is 9.20. The minimum atomic E-state index is -3.58. The molecular formula is C20H25ClN4O4S. The van der Waals surface area contributed by atoms with E-state index < -0.39 is 14.9 Å². The summed E-state index contributed by atoms with van der Waals surface area (Å²) >= 11 is 5.86. The molecule has 0 bridgehead atoms. The number of rotatable bonds is 7. The highest BCUT2D eigenvalue weighted by atomic mass is 35.5. The first-order chi connectivity index (χ1) is 14.2. The van der Waals surface area contributed by atoms with E-state index >= 15 is 0 Å². The molecule has 1 aliphatic heterocycles. The number of benzene rings is 2. The number of nitrogens with zero attached hydrogens (tertiary/aromatic N) is 3. The van der Waals surface area contributed by atoms with Crippen LogP contribution in [-0.2, 0) is 10.0 Å². The van der Waals surface area contributed by atoms with Crippen molar-refractivity contribution in [3.8, 4) is 0 Å². The Morgan fingerprint density at radius 2 is 1.73 bits per heavy atom. The van der Waals surface area contributed by atoms with Crippen molar-refractivity contribution in [3.63, 3.8) is 0 Å². The van der Waals surface area contributed by atoms with Crippen LogP contribution in [0.1, 0.15) is 13.8 Å². The van der Waals surface area contributed by atoms with Gasteiger partial charge in [-0.15, -0.1) is 0 Å². The zero-order chi connectivity index (χ0) is 21.9. The molecule has 10 heteroatoms. The molecule has 0 spiro atoms. The van der Waals surface area contributed by atoms with Gasteiger partial charge in [-0.2, -0.15) is 4.31 Å². The van der Waals surface area contributed by atoms with E-state index in [4.69, 9.17) is 11.6 Å². The van der Waals surface area contributed by atoms with Crippen molar-refractivity contribution in [2.45, 2.75) is 18.7 Å². The first kappa shape index (κ1) is 22.3. The second-order valence-corrected chi connectivity index (χ2v) is 9.95. The van der Waals surface area contributed by atoms with E-state index in [1.165, 1.54) is 22.5 Å². The van der Waals surface area contributed by atoms with Crippen LogP contribution in [0.25, 0.3) is 0 Å². The van der Waals surface area contributed by atoms with Gasteiger partial charge in [0.1, 0.15) is 5.69 Å². The van der Waals surface area contributed by atoms with Gasteiger partial charge in [-0.1, -0.05) is 25.4 Å². The molecule has 0 radical (unpaired) electrons. The highest BCUT2D eigenvalue weighted by Crippen LogP contribution is 2.31. The average Bonchev–Trinajstić information content (AvgIpc) is 2.72. The Bertz CT molecular complexity index is 1000. The van der Waals surface area contributed by atoms with E-state index in [1.807, 2.05) is 18.7 Å². The van der Waals surface area contributed by atoms with Crippen molar-refractivity contribution in [3.05, 3.63) is 57.6 Å². The molecule has 30 heavy (non-hydrogen) atoms. The number of nitro groups is 1. The number of halogens is 1. The van der Waals surface area contributed by atoms with Crippen LogP contribution in [0.3, 0.4) is 0 Å². The summed E-state index contributed by atoms with van der Waals surface area (Å²) in [5.74, 6) is 0.342. The number of hydrogen-bond acceptors (Lipinski definition) is 6. The van der Waals surface area contributed by atoms with Crippen molar-refractivity contribution in [1.82, 2.24) is 4.31 Å². The van der Waals surface area contributed by atoms with Gasteiger partial charge in [0.15, 0.2) is 0 Å². The summed E-state index contributed by atoms with van der Waals surface area (Å²) in [5, 5.41) is 15.0. The third kappa shape index (κ3) is 5.03. The lowest BCUT2D eigenvalue weighted by molar-refractivity contribution is -0.383. The number of hydrogen-bond donors (Lipinski definition) is 1. The van der Waals surface area contributed by atoms with E-state index in [0.717, 1.165) is 5.69 Å². The monoisotopic (exact) mass is 452 g/mol. The molecule has 1 heterocycles. The van der Waals surface area contributed by atoms with Gasteiger partial charge in [0.05, 0.1) is 9.82 Å². The van der Waals surface area contributed by atoms with Crippen molar-refractivity contribution in [2.24, 2.45) is 5.92 Å². The first-order valence-corrected chi connectivity index (χ1v) is 11.5. The molecule has 0 unspecified atom stereocenters. The molecule has 2 aromatic carbocycles. The standard InChI is InChI=1S/C20H25ClN4O4S/c1-15(2)14-22-19-13-17(5-8-20(19)25(26)27)23-9-11-24(12-10-23)30(28,29)18-6-3-16(21)4-7-18/h3-8,13,15,22H,9-12,14H2,1-2H3. The second-order valence-electron chi connectivity index (χ2n) is 7.58. The Kier molecular flexibility index (Phi) is 6.84. The summed E-state index contributed by atoms with van der Waals surface area (Å²) in [4.78, 5) is 13.2. The molecule has 162 valence electrons. The summed E-state index contributed by atoms with van der Waals surface area (Å²) < 4.78 is 27.1. The maximum Gasteiger partial charge on any atom is 0.292 e. The van der Waals surface area contributed by atoms with Crippen LogP contribution >= 0.6 is 11.6 Å². The molecule has 3 rings (SSSR count). The Morgan fingerprint density at radius 3 is 2.30 bits per heavy atom. The zero-order valence-electron chi connectivity index (χ0n) is 16.9. The van der Waals surface area contributed by atoms with Crippen LogP contribution < -0.4 is 10.2 Å². The van der Waals surface area contributed by atoms with Gasteiger partial charge in [0.2, 0.25) is 10.0 Å². The van der Waals surface area contributed by atoms with E-state index in [2.05, 4.69) is 5.32 Å². The summed E-state index contributed by atoms with van der Waals surface area (Å²) in [5.41, 5.74) is 1.33. The fourth-order valence-electron chi connectivity index (χ4n) is 3.28. The lowest BCUT2D eigenvalue weighted by Crippen LogP contribution is -2.48. The van der Waals surface area contributed by atoms with Crippen LogP contribution in [0.15, 0.2) is 47.4 Å². The number of anilines is 2. The van der Waals surface area contributed by atoms with E-state index in [9.17, 15) is 18.5 Å². The Balaban J connectivity index is 1.73.